The Morgan fingerprint density at radius 1 is 1.29 bits per heavy atom. The van der Waals surface area contributed by atoms with Crippen LogP contribution in [0.1, 0.15) is 37.4 Å². The summed E-state index contributed by atoms with van der Waals surface area (Å²) in [6.45, 7) is 2.03. The molecule has 2 atom stereocenters. The van der Waals surface area contributed by atoms with E-state index in [4.69, 9.17) is 9.47 Å². The highest BCUT2D eigenvalue weighted by Crippen LogP contribution is 2.42. The average molecular weight is 359 g/mol. The molecule has 2 unspecified atom stereocenters. The SMILES string of the molecule is OC(c1ccc(Br)cc1F)C1CCOC2(CCOCC2)C1. The first kappa shape index (κ1) is 15.4. The van der Waals surface area contributed by atoms with E-state index < -0.39 is 6.10 Å². The fourth-order valence-corrected chi connectivity index (χ4v) is 3.76. The van der Waals surface area contributed by atoms with Gasteiger partial charge in [0.2, 0.25) is 0 Å². The lowest BCUT2D eigenvalue weighted by atomic mass is 9.77. The zero-order chi connectivity index (χ0) is 14.9. The van der Waals surface area contributed by atoms with Crippen molar-refractivity contribution < 1.29 is 19.0 Å². The molecular weight excluding hydrogens is 339 g/mol. The first-order chi connectivity index (χ1) is 10.1. The van der Waals surface area contributed by atoms with Crippen molar-refractivity contribution >= 4 is 15.9 Å². The summed E-state index contributed by atoms with van der Waals surface area (Å²) in [5.74, 6) is -0.322. The predicted molar refractivity (Wildman–Crippen MR) is 80.5 cm³/mol. The Bertz CT molecular complexity index is 497. The Morgan fingerprint density at radius 3 is 2.76 bits per heavy atom. The van der Waals surface area contributed by atoms with E-state index in [-0.39, 0.29) is 17.3 Å². The van der Waals surface area contributed by atoms with E-state index in [0.717, 1.165) is 25.7 Å². The quantitative estimate of drug-likeness (QED) is 0.877. The molecule has 1 aromatic carbocycles. The van der Waals surface area contributed by atoms with Gasteiger partial charge in [0, 0.05) is 29.9 Å². The number of hydrogen-bond acceptors (Lipinski definition) is 3. The molecular formula is C16H20BrFO3. The standard InChI is InChI=1S/C16H20BrFO3/c17-12-1-2-13(14(18)9-12)15(19)11-3-6-21-16(10-11)4-7-20-8-5-16/h1-2,9,11,15,19H,3-8,10H2. The van der Waals surface area contributed by atoms with E-state index in [2.05, 4.69) is 15.9 Å². The second-order valence-corrected chi connectivity index (χ2v) is 6.92. The Labute approximate surface area is 132 Å². The zero-order valence-corrected chi connectivity index (χ0v) is 13.4. The van der Waals surface area contributed by atoms with Gasteiger partial charge >= 0.3 is 0 Å². The van der Waals surface area contributed by atoms with Crippen molar-refractivity contribution in [3.05, 3.63) is 34.1 Å². The summed E-state index contributed by atoms with van der Waals surface area (Å²) < 4.78 is 26.1. The summed E-state index contributed by atoms with van der Waals surface area (Å²) in [5, 5.41) is 10.6. The largest absolute Gasteiger partial charge is 0.388 e. The first-order valence-corrected chi connectivity index (χ1v) is 8.24. The number of hydrogen-bond donors (Lipinski definition) is 1. The van der Waals surface area contributed by atoms with Crippen LogP contribution in [0.15, 0.2) is 22.7 Å². The van der Waals surface area contributed by atoms with Crippen molar-refractivity contribution in [2.45, 2.75) is 37.4 Å². The van der Waals surface area contributed by atoms with Crippen molar-refractivity contribution in [2.24, 2.45) is 5.92 Å². The Kier molecular flexibility index (Phi) is 4.64. The predicted octanol–water partition coefficient (Wildman–Crippen LogP) is 3.60. The third-order valence-corrected chi connectivity index (χ3v) is 5.16. The highest BCUT2D eigenvalue weighted by Gasteiger charge is 2.41. The molecule has 1 spiro atoms. The topological polar surface area (TPSA) is 38.7 Å². The van der Waals surface area contributed by atoms with E-state index in [0.29, 0.717) is 29.9 Å². The van der Waals surface area contributed by atoms with Crippen molar-refractivity contribution in [1.29, 1.82) is 0 Å². The third kappa shape index (κ3) is 3.31. The van der Waals surface area contributed by atoms with Crippen LogP contribution in [-0.4, -0.2) is 30.5 Å². The smallest absolute Gasteiger partial charge is 0.130 e. The van der Waals surface area contributed by atoms with Gasteiger partial charge in [-0.25, -0.2) is 4.39 Å². The first-order valence-electron chi connectivity index (χ1n) is 7.44. The van der Waals surface area contributed by atoms with E-state index in [1.54, 1.807) is 12.1 Å². The molecule has 1 N–H and O–H groups in total. The lowest BCUT2D eigenvalue weighted by molar-refractivity contribution is -0.159. The summed E-state index contributed by atoms with van der Waals surface area (Å²) in [4.78, 5) is 0. The van der Waals surface area contributed by atoms with Gasteiger partial charge in [-0.05, 0) is 43.7 Å². The molecule has 2 aliphatic heterocycles. The van der Waals surface area contributed by atoms with E-state index in [1.807, 2.05) is 0 Å². The van der Waals surface area contributed by atoms with Gasteiger partial charge in [-0.2, -0.15) is 0 Å². The van der Waals surface area contributed by atoms with Crippen LogP contribution < -0.4 is 0 Å². The molecule has 2 aliphatic rings. The van der Waals surface area contributed by atoms with E-state index in [9.17, 15) is 9.50 Å². The molecule has 5 heteroatoms. The fourth-order valence-electron chi connectivity index (χ4n) is 3.42. The molecule has 1 aromatic rings. The minimum Gasteiger partial charge on any atom is -0.388 e. The number of ether oxygens (including phenoxy) is 2. The van der Waals surface area contributed by atoms with Crippen LogP contribution >= 0.6 is 15.9 Å². The van der Waals surface area contributed by atoms with Crippen molar-refractivity contribution in [1.82, 2.24) is 0 Å². The lowest BCUT2D eigenvalue weighted by Crippen LogP contribution is -2.45. The van der Waals surface area contributed by atoms with E-state index in [1.165, 1.54) is 6.07 Å². The zero-order valence-electron chi connectivity index (χ0n) is 11.9. The summed E-state index contributed by atoms with van der Waals surface area (Å²) in [7, 11) is 0. The second kappa shape index (κ2) is 6.32. The number of rotatable bonds is 2. The van der Waals surface area contributed by atoms with E-state index >= 15 is 0 Å². The van der Waals surface area contributed by atoms with Crippen LogP contribution in [-0.2, 0) is 9.47 Å². The maximum Gasteiger partial charge on any atom is 0.130 e. The molecule has 3 rings (SSSR count). The maximum atomic E-state index is 14.0. The minimum absolute atomic E-state index is 0.0347. The molecule has 2 heterocycles. The molecule has 3 nitrogen and oxygen atoms in total. The Morgan fingerprint density at radius 2 is 2.05 bits per heavy atom. The highest BCUT2D eigenvalue weighted by atomic mass is 79.9. The molecule has 2 saturated heterocycles. The number of aliphatic hydroxyl groups excluding tert-OH is 1. The lowest BCUT2D eigenvalue weighted by Gasteiger charge is -2.44. The van der Waals surface area contributed by atoms with Crippen LogP contribution in [0.5, 0.6) is 0 Å². The van der Waals surface area contributed by atoms with Gasteiger partial charge in [-0.1, -0.05) is 22.0 Å². The molecule has 116 valence electrons. The van der Waals surface area contributed by atoms with Crippen LogP contribution in [0.4, 0.5) is 4.39 Å². The fraction of sp³-hybridized carbons (Fsp3) is 0.625. The normalized spacial score (nSPS) is 26.7. The number of aliphatic hydroxyl groups is 1. The monoisotopic (exact) mass is 358 g/mol. The van der Waals surface area contributed by atoms with Crippen LogP contribution in [0, 0.1) is 11.7 Å². The molecule has 0 bridgehead atoms. The Hall–Kier alpha value is -0.490. The van der Waals surface area contributed by atoms with Gasteiger partial charge in [-0.3, -0.25) is 0 Å². The molecule has 2 fully saturated rings. The van der Waals surface area contributed by atoms with Crippen LogP contribution in [0.2, 0.25) is 0 Å². The van der Waals surface area contributed by atoms with Crippen molar-refractivity contribution in [3.8, 4) is 0 Å². The molecule has 21 heavy (non-hydrogen) atoms. The maximum absolute atomic E-state index is 14.0. The highest BCUT2D eigenvalue weighted by molar-refractivity contribution is 9.10. The van der Waals surface area contributed by atoms with Gasteiger partial charge in [0.05, 0.1) is 11.7 Å². The van der Waals surface area contributed by atoms with Gasteiger partial charge in [0.15, 0.2) is 0 Å². The van der Waals surface area contributed by atoms with Crippen molar-refractivity contribution in [3.63, 3.8) is 0 Å². The Balaban J connectivity index is 1.76. The third-order valence-electron chi connectivity index (χ3n) is 4.66. The molecule has 0 radical (unpaired) electrons. The molecule has 0 amide bonds. The summed E-state index contributed by atoms with van der Waals surface area (Å²) in [6, 6.07) is 4.84. The average Bonchev–Trinajstić information content (AvgIpc) is 2.47. The number of benzene rings is 1. The molecule has 0 aliphatic carbocycles. The summed E-state index contributed by atoms with van der Waals surface area (Å²) in [6.07, 6.45) is 2.48. The number of halogens is 2. The minimum atomic E-state index is -0.776. The van der Waals surface area contributed by atoms with Gasteiger partial charge in [-0.15, -0.1) is 0 Å². The van der Waals surface area contributed by atoms with Crippen molar-refractivity contribution in [2.75, 3.05) is 19.8 Å². The van der Waals surface area contributed by atoms with Crippen LogP contribution in [0.3, 0.4) is 0 Å². The summed E-state index contributed by atoms with van der Waals surface area (Å²) >= 11 is 3.24. The molecule has 0 saturated carbocycles. The summed E-state index contributed by atoms with van der Waals surface area (Å²) in [5.41, 5.74) is 0.195. The van der Waals surface area contributed by atoms with Gasteiger partial charge in [0.25, 0.3) is 0 Å². The van der Waals surface area contributed by atoms with Gasteiger partial charge < -0.3 is 14.6 Å². The van der Waals surface area contributed by atoms with Gasteiger partial charge in [0.1, 0.15) is 5.82 Å². The second-order valence-electron chi connectivity index (χ2n) is 6.01. The molecule has 0 aromatic heterocycles. The van der Waals surface area contributed by atoms with Crippen LogP contribution in [0.25, 0.3) is 0 Å².